The summed E-state index contributed by atoms with van der Waals surface area (Å²) in [4.78, 5) is 66.6. The lowest BCUT2D eigenvalue weighted by Crippen LogP contribution is -2.76. The number of hydrogen-bond donors (Lipinski definition) is 0. The van der Waals surface area contributed by atoms with Gasteiger partial charge in [0.15, 0.2) is 11.6 Å². The smallest absolute Gasteiger partial charge is 0.410 e. The van der Waals surface area contributed by atoms with Gasteiger partial charge in [-0.1, -0.05) is 7.43 Å². The standard InChI is InChI=1S/C30H35N7O3.C26H28N6O.CH4.B17/c1-18-19(2)39-25(33-18)15-22-14-21(8-9-32-22)27-34-24-17-31-16-23(20-6-7-20)26(24)28(35-27)36-10-12-37(13-11-36)29(38)40-30(3,4)5;1-16-17(2)33-23(29-16)13-20-12-19(8-9-28-20)25-30-22-15-27-14-21(18-6-7-18)24(22)26(31-25)32-10-4-3-5-11-32;;1-10-15(11(2)3)17(14(8)9)16(12(4)5)13(6)7/h8-9,14,16-17,20H,6-7,10-13,15H2,1-5H3;8-9,12,14-15,18H,3-7,10-11,13H2,1-2H3;1H4;. The Balaban J connectivity index is 0.000000174. The Hall–Kier alpha value is -6.33. The van der Waals surface area contributed by atoms with Crippen molar-refractivity contribution in [3.8, 4) is 22.8 Å². The van der Waals surface area contributed by atoms with Gasteiger partial charge in [-0.15, -0.1) is 0 Å². The lowest BCUT2D eigenvalue weighted by Gasteiger charge is -2.38. The quantitative estimate of drug-likeness (QED) is 0.116. The highest BCUT2D eigenvalue weighted by atomic mass is 16.6. The van der Waals surface area contributed by atoms with Gasteiger partial charge in [0.25, 0.3) is 0 Å². The summed E-state index contributed by atoms with van der Waals surface area (Å²) < 4.78 is 17.1. The number of piperazine rings is 1. The molecular formula is C57H67B17N13O4. The third kappa shape index (κ3) is 17.1. The first-order valence-corrected chi connectivity index (χ1v) is 31.2. The van der Waals surface area contributed by atoms with Crippen molar-refractivity contribution in [2.75, 3.05) is 49.1 Å². The normalized spacial score (nSPS) is 14.7. The molecule has 2 aliphatic heterocycles. The minimum Gasteiger partial charge on any atom is -0.445 e. The fourth-order valence-electron chi connectivity index (χ4n) is 11.9. The highest BCUT2D eigenvalue weighted by Gasteiger charge is 2.40. The van der Waals surface area contributed by atoms with Crippen molar-refractivity contribution >= 4 is 161 Å². The van der Waals surface area contributed by atoms with Crippen LogP contribution in [-0.2, 0) is 17.6 Å². The van der Waals surface area contributed by atoms with Crippen LogP contribution in [0.15, 0.2) is 70.3 Å². The predicted molar refractivity (Wildman–Crippen MR) is 383 cm³/mol. The van der Waals surface area contributed by atoms with Gasteiger partial charge in [0, 0.05) is 207 Å². The van der Waals surface area contributed by atoms with E-state index in [1.807, 2.05) is 104 Å². The van der Waals surface area contributed by atoms with Gasteiger partial charge in [0.2, 0.25) is 11.8 Å². The number of piperidine rings is 1. The Morgan fingerprint density at radius 3 is 1.41 bits per heavy atom. The first-order chi connectivity index (χ1) is 43.0. The summed E-state index contributed by atoms with van der Waals surface area (Å²) in [5.41, 5.74) is 9.12. The molecule has 91 heavy (non-hydrogen) atoms. The van der Waals surface area contributed by atoms with Crippen LogP contribution in [0.1, 0.15) is 142 Å². The van der Waals surface area contributed by atoms with Crippen molar-refractivity contribution in [1.29, 1.82) is 0 Å². The largest absolute Gasteiger partial charge is 0.445 e. The molecule has 2 aliphatic carbocycles. The first kappa shape index (κ1) is 69.0. The number of carbonyl (C=O) groups is 1. The molecule has 17 nitrogen and oxygen atoms in total. The van der Waals surface area contributed by atoms with Gasteiger partial charge in [-0.3, -0.25) is 19.9 Å². The number of amides is 1. The van der Waals surface area contributed by atoms with E-state index in [0.29, 0.717) is 68.5 Å². The molecule has 8 aromatic heterocycles. The highest BCUT2D eigenvalue weighted by Crippen LogP contribution is 2.46. The van der Waals surface area contributed by atoms with Crippen LogP contribution >= 0.6 is 0 Å². The Kier molecular flexibility index (Phi) is 22.9. The van der Waals surface area contributed by atoms with E-state index in [4.69, 9.17) is 103 Å². The molecule has 4 fully saturated rings. The van der Waals surface area contributed by atoms with Gasteiger partial charge in [-0.05, 0) is 141 Å². The molecule has 0 aromatic carbocycles. The van der Waals surface area contributed by atoms with Gasteiger partial charge in [0.05, 0.1) is 59.0 Å². The van der Waals surface area contributed by atoms with E-state index in [2.05, 4.69) is 39.7 Å². The van der Waals surface area contributed by atoms with Crippen LogP contribution in [0.2, 0.25) is 0 Å². The average molecular weight is 1180 g/mol. The minimum atomic E-state index is -0.796. The molecule has 0 N–H and O–H groups in total. The maximum atomic E-state index is 12.7. The van der Waals surface area contributed by atoms with E-state index in [9.17, 15) is 4.79 Å². The zero-order chi connectivity index (χ0) is 64.1. The molecule has 10 heterocycles. The Morgan fingerprint density at radius 2 is 1.03 bits per heavy atom. The van der Waals surface area contributed by atoms with Gasteiger partial charge >= 0.3 is 6.09 Å². The topological polar surface area (TPSA) is 191 Å². The van der Waals surface area contributed by atoms with Crippen LogP contribution < -0.4 is 9.80 Å². The van der Waals surface area contributed by atoms with Crippen LogP contribution in [0.4, 0.5) is 16.4 Å². The maximum Gasteiger partial charge on any atom is 0.410 e. The maximum absolute atomic E-state index is 12.7. The van der Waals surface area contributed by atoms with Gasteiger partial charge < -0.3 is 28.3 Å². The number of hydrogen-bond acceptors (Lipinski definition) is 16. The molecule has 0 atom stereocenters. The van der Waals surface area contributed by atoms with Crippen molar-refractivity contribution in [2.45, 2.75) is 131 Å². The van der Waals surface area contributed by atoms with Crippen molar-refractivity contribution in [1.82, 2.24) is 54.7 Å². The summed E-state index contributed by atoms with van der Waals surface area (Å²) in [5.74, 6) is 7.39. The van der Waals surface area contributed by atoms with E-state index >= 15 is 0 Å². The van der Waals surface area contributed by atoms with E-state index in [-0.39, 0.29) is 13.5 Å². The molecule has 8 aromatic rings. The van der Waals surface area contributed by atoms with Crippen LogP contribution in [0, 0.1) is 27.7 Å². The van der Waals surface area contributed by atoms with Crippen molar-refractivity contribution in [3.05, 3.63) is 119 Å². The van der Waals surface area contributed by atoms with E-state index in [1.54, 1.807) is 11.1 Å². The Bertz CT molecular complexity index is 3740. The summed E-state index contributed by atoms with van der Waals surface area (Å²) in [7, 11) is 52.0. The monoisotopic (exact) mass is 1180 g/mol. The summed E-state index contributed by atoms with van der Waals surface area (Å²) in [5, 5.41) is 2.25. The first-order valence-electron chi connectivity index (χ1n) is 31.2. The molecule has 0 bridgehead atoms. The molecule has 12 rings (SSSR count). The molecule has 34 heteroatoms. The summed E-state index contributed by atoms with van der Waals surface area (Å²) in [6.07, 6.45) is 15.9. The Morgan fingerprint density at radius 1 is 0.593 bits per heavy atom. The Labute approximate surface area is 552 Å². The number of ether oxygens (including phenoxy) is 1. The minimum absolute atomic E-state index is 0. The number of aromatic nitrogens is 10. The van der Waals surface area contributed by atoms with Crippen LogP contribution in [0.25, 0.3) is 44.6 Å². The number of aryl methyl sites for hydroxylation is 4. The second kappa shape index (κ2) is 30.2. The molecular weight excluding hydrogens is 1110 g/mol. The molecule has 2 saturated carbocycles. The van der Waals surface area contributed by atoms with Crippen LogP contribution in [0.5, 0.6) is 0 Å². The van der Waals surface area contributed by atoms with Crippen molar-refractivity contribution < 1.29 is 18.4 Å². The van der Waals surface area contributed by atoms with Crippen molar-refractivity contribution in [2.24, 2.45) is 0 Å². The zero-order valence-corrected chi connectivity index (χ0v) is 52.8. The number of rotatable bonds is 17. The fourth-order valence-corrected chi connectivity index (χ4v) is 11.9. The summed E-state index contributed by atoms with van der Waals surface area (Å²) >= 11 is 0. The lowest BCUT2D eigenvalue weighted by molar-refractivity contribution is 0.0240. The number of fused-ring (bicyclic) bond motifs is 2. The fraction of sp³-hybridized carbons (Fsp3) is 0.456. The molecule has 0 unspecified atom stereocenters. The van der Waals surface area contributed by atoms with Gasteiger partial charge in [0.1, 0.15) is 28.8 Å². The second-order valence-corrected chi connectivity index (χ2v) is 25.2. The third-order valence-corrected chi connectivity index (χ3v) is 17.0. The van der Waals surface area contributed by atoms with E-state index < -0.39 is 50.3 Å². The SMILES string of the molecule is C.Cc1nc(Cc2cc(-c3nc(N4CCCCC4)c4c(C5CC5)cncc4n3)ccn2)oc1C.Cc1nc(Cc2cc(-c3nc(N4CCN(C(=O)OC(C)(C)C)CC4)c4c(C5CC5)cncc4n3)ccn2)oc1C.[B][B]B(B([B])[B])B(B([B])[B])B(B([B])[B])B([B])[B]. The predicted octanol–water partition coefficient (Wildman–Crippen LogP) is 4.53. The lowest BCUT2D eigenvalue weighted by atomic mass is 8.43. The zero-order valence-electron chi connectivity index (χ0n) is 52.8. The average Bonchev–Trinajstić information content (AvgIpc) is 1.76. The number of carbonyl (C=O) groups excluding carboxylic acids is 1. The van der Waals surface area contributed by atoms with E-state index in [0.717, 1.165) is 105 Å². The number of anilines is 2. The second-order valence-electron chi connectivity index (χ2n) is 25.2. The van der Waals surface area contributed by atoms with E-state index in [1.165, 1.54) is 55.7 Å². The van der Waals surface area contributed by atoms with Gasteiger partial charge in [-0.25, -0.2) is 34.7 Å². The molecule has 1 amide bonds. The molecule has 4 aliphatic rings. The number of oxazole rings is 2. The third-order valence-electron chi connectivity index (χ3n) is 17.0. The summed E-state index contributed by atoms with van der Waals surface area (Å²) in [6, 6.07) is 7.96. The molecule has 435 valence electrons. The molecule has 2 saturated heterocycles. The molecule has 19 radical (unpaired) electrons. The van der Waals surface area contributed by atoms with Crippen LogP contribution in [-0.4, -0.2) is 227 Å². The van der Waals surface area contributed by atoms with Crippen LogP contribution in [0.3, 0.4) is 0 Å². The van der Waals surface area contributed by atoms with Gasteiger partial charge in [-0.2, -0.15) is 0 Å². The number of nitrogens with zero attached hydrogens (tertiary/aromatic N) is 13. The molecule has 0 spiro atoms. The number of pyridine rings is 4. The highest BCUT2D eigenvalue weighted by molar-refractivity contribution is 8.15. The summed E-state index contributed by atoms with van der Waals surface area (Å²) in [6.45, 7) is 17.9. The van der Waals surface area contributed by atoms with Crippen molar-refractivity contribution in [3.63, 3.8) is 0 Å².